The van der Waals surface area contributed by atoms with Crippen molar-refractivity contribution in [1.82, 2.24) is 0 Å². The molecule has 98 valence electrons. The number of nitrogens with zero attached hydrogens (tertiary/aromatic N) is 1. The molecule has 0 spiro atoms. The van der Waals surface area contributed by atoms with E-state index in [1.165, 1.54) is 34.5 Å². The molecule has 0 fully saturated rings. The van der Waals surface area contributed by atoms with E-state index in [0.717, 1.165) is 13.1 Å². The normalized spacial score (nSPS) is 13.5. The van der Waals surface area contributed by atoms with Gasteiger partial charge < -0.3 is 10.2 Å². The van der Waals surface area contributed by atoms with Crippen LogP contribution in [0, 0.1) is 6.92 Å². The number of likely N-dealkylation sites (N-methyl/N-ethyl adjacent to an activating group) is 1. The van der Waals surface area contributed by atoms with Crippen molar-refractivity contribution in [3.8, 4) is 0 Å². The van der Waals surface area contributed by atoms with Crippen LogP contribution in [0.15, 0.2) is 42.5 Å². The number of benzene rings is 2. The van der Waals surface area contributed by atoms with Crippen LogP contribution < -0.4 is 10.2 Å². The van der Waals surface area contributed by atoms with Gasteiger partial charge in [0.25, 0.3) is 0 Å². The molecule has 2 aromatic carbocycles. The summed E-state index contributed by atoms with van der Waals surface area (Å²) in [5.41, 5.74) is 6.71. The first-order valence-corrected chi connectivity index (χ1v) is 6.86. The first-order chi connectivity index (χ1) is 9.22. The summed E-state index contributed by atoms with van der Waals surface area (Å²) in [7, 11) is 2.16. The van der Waals surface area contributed by atoms with Crippen LogP contribution >= 0.6 is 0 Å². The third-order valence-electron chi connectivity index (χ3n) is 3.79. The molecule has 1 aliphatic rings. The van der Waals surface area contributed by atoms with Gasteiger partial charge in [-0.15, -0.1) is 0 Å². The predicted molar refractivity (Wildman–Crippen MR) is 81.9 cm³/mol. The van der Waals surface area contributed by atoms with Gasteiger partial charge in [0.1, 0.15) is 0 Å². The average Bonchev–Trinajstić information content (AvgIpc) is 2.78. The number of hydrogen-bond acceptors (Lipinski definition) is 2. The minimum Gasteiger partial charge on any atom is -0.381 e. The maximum Gasteiger partial charge on any atom is 0.0400 e. The zero-order valence-electron chi connectivity index (χ0n) is 11.6. The van der Waals surface area contributed by atoms with Gasteiger partial charge in [0.2, 0.25) is 0 Å². The van der Waals surface area contributed by atoms with Gasteiger partial charge in [0, 0.05) is 31.5 Å². The molecule has 1 N–H and O–H groups in total. The van der Waals surface area contributed by atoms with Crippen LogP contribution in [0.5, 0.6) is 0 Å². The number of nitrogens with one attached hydrogen (secondary N) is 1. The van der Waals surface area contributed by atoms with Crippen molar-refractivity contribution in [3.63, 3.8) is 0 Å². The highest BCUT2D eigenvalue weighted by molar-refractivity contribution is 5.58. The third kappa shape index (κ3) is 2.58. The van der Waals surface area contributed by atoms with Gasteiger partial charge in [-0.2, -0.15) is 0 Å². The van der Waals surface area contributed by atoms with Crippen molar-refractivity contribution < 1.29 is 0 Å². The van der Waals surface area contributed by atoms with Gasteiger partial charge in [-0.05, 0) is 48.2 Å². The Labute approximate surface area is 115 Å². The van der Waals surface area contributed by atoms with Crippen LogP contribution in [-0.4, -0.2) is 13.6 Å². The maximum absolute atomic E-state index is 3.49. The van der Waals surface area contributed by atoms with E-state index in [0.29, 0.717) is 0 Å². The Kier molecular flexibility index (Phi) is 3.16. The number of aryl methyl sites for hydroxylation is 1. The molecule has 0 amide bonds. The molecule has 3 rings (SSSR count). The van der Waals surface area contributed by atoms with Crippen molar-refractivity contribution >= 4 is 11.4 Å². The first-order valence-electron chi connectivity index (χ1n) is 6.86. The lowest BCUT2D eigenvalue weighted by Crippen LogP contribution is -2.12. The molecule has 1 heterocycles. The van der Waals surface area contributed by atoms with Gasteiger partial charge in [-0.1, -0.05) is 24.3 Å². The lowest BCUT2D eigenvalue weighted by atomic mass is 10.1. The molecule has 2 aromatic rings. The molecular formula is C17H20N2. The van der Waals surface area contributed by atoms with Gasteiger partial charge in [-0.3, -0.25) is 0 Å². The van der Waals surface area contributed by atoms with E-state index in [9.17, 15) is 0 Å². The minimum absolute atomic E-state index is 0.889. The van der Waals surface area contributed by atoms with Crippen LogP contribution in [-0.2, 0) is 13.0 Å². The van der Waals surface area contributed by atoms with E-state index in [2.05, 4.69) is 66.7 Å². The minimum atomic E-state index is 0.889. The fourth-order valence-electron chi connectivity index (χ4n) is 2.69. The summed E-state index contributed by atoms with van der Waals surface area (Å²) < 4.78 is 0. The first kappa shape index (κ1) is 12.1. The van der Waals surface area contributed by atoms with Crippen LogP contribution in [0.25, 0.3) is 0 Å². The summed E-state index contributed by atoms with van der Waals surface area (Å²) in [6, 6.07) is 15.3. The van der Waals surface area contributed by atoms with Crippen molar-refractivity contribution in [2.45, 2.75) is 19.9 Å². The summed E-state index contributed by atoms with van der Waals surface area (Å²) >= 11 is 0. The second-order valence-electron chi connectivity index (χ2n) is 5.36. The summed E-state index contributed by atoms with van der Waals surface area (Å²) in [5.74, 6) is 0. The Morgan fingerprint density at radius 1 is 1.16 bits per heavy atom. The van der Waals surface area contributed by atoms with E-state index < -0.39 is 0 Å². The zero-order valence-corrected chi connectivity index (χ0v) is 11.6. The largest absolute Gasteiger partial charge is 0.381 e. The molecule has 2 nitrogen and oxygen atoms in total. The Hall–Kier alpha value is -1.96. The molecule has 0 unspecified atom stereocenters. The van der Waals surface area contributed by atoms with Crippen LogP contribution in [0.3, 0.4) is 0 Å². The Morgan fingerprint density at radius 3 is 2.89 bits per heavy atom. The molecule has 19 heavy (non-hydrogen) atoms. The molecule has 0 saturated heterocycles. The zero-order chi connectivity index (χ0) is 13.2. The molecule has 0 radical (unpaired) electrons. The Balaban J connectivity index is 1.71. The number of anilines is 2. The predicted octanol–water partition coefficient (Wildman–Crippen LogP) is 3.60. The van der Waals surface area contributed by atoms with Crippen molar-refractivity contribution in [3.05, 3.63) is 59.2 Å². The van der Waals surface area contributed by atoms with E-state index in [-0.39, 0.29) is 0 Å². The highest BCUT2D eigenvalue weighted by atomic mass is 15.1. The summed E-state index contributed by atoms with van der Waals surface area (Å²) in [5, 5.41) is 3.49. The Morgan fingerprint density at radius 2 is 2.05 bits per heavy atom. The molecule has 0 bridgehead atoms. The SMILES string of the molecule is Cc1cccc(NCc2ccc3c(c2)CCN3C)c1. The molecule has 2 heteroatoms. The lowest BCUT2D eigenvalue weighted by Gasteiger charge is -2.13. The molecule has 0 aromatic heterocycles. The molecule has 1 aliphatic heterocycles. The number of fused-ring (bicyclic) bond motifs is 1. The summed E-state index contributed by atoms with van der Waals surface area (Å²) in [6.45, 7) is 4.15. The summed E-state index contributed by atoms with van der Waals surface area (Å²) in [6.07, 6.45) is 1.17. The van der Waals surface area contributed by atoms with Gasteiger partial charge in [-0.25, -0.2) is 0 Å². The fourth-order valence-corrected chi connectivity index (χ4v) is 2.69. The van der Waals surface area contributed by atoms with E-state index in [4.69, 9.17) is 0 Å². The highest BCUT2D eigenvalue weighted by Crippen LogP contribution is 2.27. The summed E-state index contributed by atoms with van der Waals surface area (Å²) in [4.78, 5) is 2.33. The van der Waals surface area contributed by atoms with Crippen molar-refractivity contribution in [1.29, 1.82) is 0 Å². The highest BCUT2D eigenvalue weighted by Gasteiger charge is 2.15. The molecular weight excluding hydrogens is 232 g/mol. The van der Waals surface area contributed by atoms with Crippen molar-refractivity contribution in [2.75, 3.05) is 23.8 Å². The topological polar surface area (TPSA) is 15.3 Å². The van der Waals surface area contributed by atoms with Crippen LogP contribution in [0.2, 0.25) is 0 Å². The maximum atomic E-state index is 3.49. The molecule has 0 atom stereocenters. The monoisotopic (exact) mass is 252 g/mol. The number of hydrogen-bond donors (Lipinski definition) is 1. The van der Waals surface area contributed by atoms with Gasteiger partial charge >= 0.3 is 0 Å². The molecule has 0 aliphatic carbocycles. The fraction of sp³-hybridized carbons (Fsp3) is 0.294. The van der Waals surface area contributed by atoms with E-state index in [1.807, 2.05) is 0 Å². The average molecular weight is 252 g/mol. The molecule has 0 saturated carbocycles. The standard InChI is InChI=1S/C17H20N2/c1-13-4-3-5-16(10-13)18-12-14-6-7-17-15(11-14)8-9-19(17)2/h3-7,10-11,18H,8-9,12H2,1-2H3. The van der Waals surface area contributed by atoms with Crippen LogP contribution in [0.4, 0.5) is 11.4 Å². The second kappa shape index (κ2) is 4.96. The van der Waals surface area contributed by atoms with Crippen LogP contribution in [0.1, 0.15) is 16.7 Å². The quantitative estimate of drug-likeness (QED) is 0.898. The second-order valence-corrected chi connectivity index (χ2v) is 5.36. The third-order valence-corrected chi connectivity index (χ3v) is 3.79. The van der Waals surface area contributed by atoms with E-state index >= 15 is 0 Å². The number of rotatable bonds is 3. The van der Waals surface area contributed by atoms with Crippen molar-refractivity contribution in [2.24, 2.45) is 0 Å². The van der Waals surface area contributed by atoms with E-state index in [1.54, 1.807) is 0 Å². The van der Waals surface area contributed by atoms with Gasteiger partial charge in [0.05, 0.1) is 0 Å². The Bertz CT molecular complexity index is 590. The lowest BCUT2D eigenvalue weighted by molar-refractivity contribution is 0.955. The smallest absolute Gasteiger partial charge is 0.0400 e. The van der Waals surface area contributed by atoms with Gasteiger partial charge in [0.15, 0.2) is 0 Å².